The molecule has 5 atom stereocenters. The van der Waals surface area contributed by atoms with E-state index in [4.69, 9.17) is 4.74 Å². The zero-order chi connectivity index (χ0) is 22.3. The van der Waals surface area contributed by atoms with Gasteiger partial charge in [0.25, 0.3) is 5.91 Å². The summed E-state index contributed by atoms with van der Waals surface area (Å²) in [6.45, 7) is 9.48. The highest BCUT2D eigenvalue weighted by molar-refractivity contribution is 6.02. The van der Waals surface area contributed by atoms with Crippen LogP contribution in [0, 0.1) is 22.7 Å². The van der Waals surface area contributed by atoms with E-state index in [2.05, 4.69) is 27.7 Å². The van der Waals surface area contributed by atoms with Crippen LogP contribution in [0.2, 0.25) is 0 Å². The largest absolute Gasteiger partial charge is 0.508 e. The van der Waals surface area contributed by atoms with Gasteiger partial charge in [-0.3, -0.25) is 4.79 Å². The number of fused-ring (bicyclic) bond motifs is 5. The molecule has 170 valence electrons. The summed E-state index contributed by atoms with van der Waals surface area (Å²) in [6, 6.07) is 1.72. The predicted molar refractivity (Wildman–Crippen MR) is 116 cm³/mol. The summed E-state index contributed by atoms with van der Waals surface area (Å²) in [5.74, 6) is 1.20. The lowest BCUT2D eigenvalue weighted by Crippen LogP contribution is -2.66. The number of hydrogen-bond acceptors (Lipinski definition) is 5. The van der Waals surface area contributed by atoms with E-state index in [1.54, 1.807) is 11.0 Å². The summed E-state index contributed by atoms with van der Waals surface area (Å²) in [6.07, 6.45) is 3.92. The second kappa shape index (κ2) is 6.61. The molecule has 3 N–H and O–H groups in total. The molecule has 6 nitrogen and oxygen atoms in total. The first-order valence-corrected chi connectivity index (χ1v) is 11.7. The maximum Gasteiger partial charge on any atom is 0.258 e. The number of rotatable bonds is 2. The third-order valence-electron chi connectivity index (χ3n) is 9.51. The number of carbonyl (C=O) groups is 1. The molecule has 0 unspecified atom stereocenters. The van der Waals surface area contributed by atoms with Gasteiger partial charge in [0.15, 0.2) is 0 Å². The van der Waals surface area contributed by atoms with Crippen LogP contribution >= 0.6 is 0 Å². The van der Waals surface area contributed by atoms with Crippen molar-refractivity contribution in [3.8, 4) is 11.5 Å². The van der Waals surface area contributed by atoms with Crippen molar-refractivity contribution >= 4 is 5.91 Å². The average Bonchev–Trinajstić information content (AvgIpc) is 3.24. The number of benzene rings is 1. The van der Waals surface area contributed by atoms with Gasteiger partial charge in [0.1, 0.15) is 17.1 Å². The van der Waals surface area contributed by atoms with Crippen LogP contribution in [0.3, 0.4) is 0 Å². The second-order valence-electron chi connectivity index (χ2n) is 11.2. The summed E-state index contributed by atoms with van der Waals surface area (Å²) >= 11 is 0. The number of phenols is 1. The first kappa shape index (κ1) is 21.1. The van der Waals surface area contributed by atoms with Gasteiger partial charge in [-0.2, -0.15) is 0 Å². The van der Waals surface area contributed by atoms with E-state index < -0.39 is 5.60 Å². The lowest BCUT2D eigenvalue weighted by Gasteiger charge is -2.64. The van der Waals surface area contributed by atoms with Crippen LogP contribution in [-0.2, 0) is 13.0 Å². The van der Waals surface area contributed by atoms with Gasteiger partial charge in [0.05, 0.1) is 18.3 Å². The van der Waals surface area contributed by atoms with Gasteiger partial charge in [0, 0.05) is 30.5 Å². The number of amides is 1. The number of aromatic hydroxyl groups is 1. The molecule has 5 rings (SSSR count). The third-order valence-corrected chi connectivity index (χ3v) is 9.51. The van der Waals surface area contributed by atoms with E-state index in [-0.39, 0.29) is 47.7 Å². The van der Waals surface area contributed by atoms with E-state index in [1.165, 1.54) is 0 Å². The molecule has 0 radical (unpaired) electrons. The highest BCUT2D eigenvalue weighted by atomic mass is 16.5. The first-order chi connectivity index (χ1) is 14.6. The number of aliphatic hydroxyl groups excluding tert-OH is 2. The Morgan fingerprint density at radius 2 is 1.97 bits per heavy atom. The van der Waals surface area contributed by atoms with Gasteiger partial charge >= 0.3 is 0 Å². The number of hydrogen-bond donors (Lipinski definition) is 3. The maximum absolute atomic E-state index is 13.1. The van der Waals surface area contributed by atoms with E-state index in [0.717, 1.165) is 36.8 Å². The van der Waals surface area contributed by atoms with Crippen LogP contribution in [0.5, 0.6) is 11.5 Å². The van der Waals surface area contributed by atoms with Crippen LogP contribution in [0.25, 0.3) is 0 Å². The Balaban J connectivity index is 1.62. The van der Waals surface area contributed by atoms with Crippen LogP contribution < -0.4 is 4.74 Å². The number of phenolic OH excluding ortho intramolecular Hbond substituents is 1. The summed E-state index contributed by atoms with van der Waals surface area (Å²) in [5.41, 5.74) is 1.19. The molecular weight excluding hydrogens is 394 g/mol. The standard InChI is InChI=1S/C25H35NO5/c1-14-5-6-18-23(2,3)19(29)7-8-24(18,4)25(14)12-16-17(28)11-15-13-26(9-10-27)22(30)20(15)21(16)31-25/h11,14,18-19,27-29H,5-10,12-13H2,1-4H3/t14-,18+,19-,24+,25-/m1/s1. The van der Waals surface area contributed by atoms with Crippen molar-refractivity contribution in [3.63, 3.8) is 0 Å². The minimum atomic E-state index is -0.507. The van der Waals surface area contributed by atoms with Crippen LogP contribution in [0.4, 0.5) is 0 Å². The van der Waals surface area contributed by atoms with Crippen LogP contribution in [0.15, 0.2) is 6.07 Å². The van der Waals surface area contributed by atoms with Gasteiger partial charge in [-0.15, -0.1) is 0 Å². The maximum atomic E-state index is 13.1. The van der Waals surface area contributed by atoms with Gasteiger partial charge in [0.2, 0.25) is 0 Å². The van der Waals surface area contributed by atoms with Gasteiger partial charge in [-0.05, 0) is 54.6 Å². The highest BCUT2D eigenvalue weighted by Crippen LogP contribution is 2.67. The van der Waals surface area contributed by atoms with E-state index in [0.29, 0.717) is 30.2 Å². The molecule has 2 saturated carbocycles. The molecule has 2 heterocycles. The monoisotopic (exact) mass is 429 g/mol. The lowest BCUT2D eigenvalue weighted by atomic mass is 9.43. The molecule has 0 aromatic heterocycles. The molecule has 1 aromatic rings. The van der Waals surface area contributed by atoms with Crippen LogP contribution in [0.1, 0.15) is 74.9 Å². The van der Waals surface area contributed by atoms with Crippen LogP contribution in [-0.4, -0.2) is 51.0 Å². The fourth-order valence-corrected chi connectivity index (χ4v) is 7.64. The average molecular weight is 430 g/mol. The Labute approximate surface area is 184 Å². The molecule has 0 bridgehead atoms. The minimum absolute atomic E-state index is 0.0904. The van der Waals surface area contributed by atoms with Crippen molar-refractivity contribution < 1.29 is 24.9 Å². The Bertz CT molecular complexity index is 942. The van der Waals surface area contributed by atoms with E-state index in [1.807, 2.05) is 0 Å². The van der Waals surface area contributed by atoms with E-state index >= 15 is 0 Å². The molecule has 4 aliphatic rings. The Morgan fingerprint density at radius 3 is 2.68 bits per heavy atom. The fourth-order valence-electron chi connectivity index (χ4n) is 7.64. The smallest absolute Gasteiger partial charge is 0.258 e. The zero-order valence-electron chi connectivity index (χ0n) is 19.1. The summed E-state index contributed by atoms with van der Waals surface area (Å²) in [5, 5.41) is 31.1. The molecule has 6 heteroatoms. The second-order valence-corrected chi connectivity index (χ2v) is 11.2. The number of aliphatic hydroxyl groups is 2. The molecule has 0 saturated heterocycles. The fraction of sp³-hybridized carbons (Fsp3) is 0.720. The van der Waals surface area contributed by atoms with Gasteiger partial charge in [-0.1, -0.05) is 27.7 Å². The topological polar surface area (TPSA) is 90.2 Å². The van der Waals surface area contributed by atoms with Crippen molar-refractivity contribution in [1.29, 1.82) is 0 Å². The third kappa shape index (κ3) is 2.55. The molecule has 1 aromatic carbocycles. The van der Waals surface area contributed by atoms with Gasteiger partial charge in [-0.25, -0.2) is 0 Å². The summed E-state index contributed by atoms with van der Waals surface area (Å²) in [4.78, 5) is 14.8. The molecule has 31 heavy (non-hydrogen) atoms. The summed E-state index contributed by atoms with van der Waals surface area (Å²) < 4.78 is 6.92. The molecule has 2 aliphatic carbocycles. The predicted octanol–water partition coefficient (Wildman–Crippen LogP) is 3.25. The SMILES string of the molecule is C[C@@H]1CC[C@H]2C(C)(C)[C@H](O)CC[C@]2(C)[C@@]12Cc1c(O)cc3c(c1O2)C(=O)N(CCO)C3. The first-order valence-electron chi connectivity index (χ1n) is 11.7. The minimum Gasteiger partial charge on any atom is -0.508 e. The van der Waals surface area contributed by atoms with E-state index in [9.17, 15) is 20.1 Å². The van der Waals surface area contributed by atoms with Crippen molar-refractivity contribution in [2.45, 2.75) is 78.0 Å². The van der Waals surface area contributed by atoms with Crippen molar-refractivity contribution in [3.05, 3.63) is 22.8 Å². The molecule has 2 aliphatic heterocycles. The van der Waals surface area contributed by atoms with Crippen molar-refractivity contribution in [1.82, 2.24) is 4.90 Å². The number of ether oxygens (including phenoxy) is 1. The number of β-amino-alcohol motifs (C(OH)–C–C–N with tert-alkyl or cyclic N) is 1. The lowest BCUT2D eigenvalue weighted by molar-refractivity contribution is -0.210. The Hall–Kier alpha value is -1.79. The quantitative estimate of drug-likeness (QED) is 0.671. The highest BCUT2D eigenvalue weighted by Gasteiger charge is 2.67. The van der Waals surface area contributed by atoms with Gasteiger partial charge < -0.3 is 25.0 Å². The Morgan fingerprint density at radius 1 is 1.23 bits per heavy atom. The zero-order valence-corrected chi connectivity index (χ0v) is 19.1. The van der Waals surface area contributed by atoms with Crippen molar-refractivity contribution in [2.75, 3.05) is 13.2 Å². The van der Waals surface area contributed by atoms with Crippen molar-refractivity contribution in [2.24, 2.45) is 22.7 Å². The number of nitrogens with zero attached hydrogens (tertiary/aromatic N) is 1. The number of carbonyl (C=O) groups excluding carboxylic acids is 1. The summed E-state index contributed by atoms with van der Waals surface area (Å²) in [7, 11) is 0. The Kier molecular flexibility index (Phi) is 4.49. The normalized spacial score (nSPS) is 38.1. The molecule has 1 amide bonds. The molecule has 2 fully saturated rings. The molecular formula is C25H35NO5. The molecule has 1 spiro atoms.